The summed E-state index contributed by atoms with van der Waals surface area (Å²) < 4.78 is 19.6. The van der Waals surface area contributed by atoms with Gasteiger partial charge in [-0.1, -0.05) is 12.1 Å². The van der Waals surface area contributed by atoms with Gasteiger partial charge in [-0.15, -0.1) is 0 Å². The van der Waals surface area contributed by atoms with Crippen LogP contribution < -0.4 is 15.6 Å². The van der Waals surface area contributed by atoms with Crippen molar-refractivity contribution in [3.05, 3.63) is 88.5 Å². The Labute approximate surface area is 173 Å². The molecule has 1 N–H and O–H groups in total. The molecule has 0 atom stereocenters. The maximum atomic E-state index is 12.9. The molecule has 3 aromatic rings. The van der Waals surface area contributed by atoms with Crippen LogP contribution in [0.2, 0.25) is 0 Å². The highest BCUT2D eigenvalue weighted by atomic mass is 19.1. The molecule has 2 aromatic carbocycles. The molecule has 6 nitrogen and oxygen atoms in total. The van der Waals surface area contributed by atoms with Crippen LogP contribution in [0.15, 0.2) is 71.5 Å². The van der Waals surface area contributed by atoms with Crippen molar-refractivity contribution in [1.82, 2.24) is 15.1 Å². The summed E-state index contributed by atoms with van der Waals surface area (Å²) in [6, 6.07) is 16.4. The smallest absolute Gasteiger partial charge is 0.266 e. The number of aromatic nitrogens is 2. The van der Waals surface area contributed by atoms with Crippen LogP contribution in [0.5, 0.6) is 5.75 Å². The zero-order valence-corrected chi connectivity index (χ0v) is 16.5. The highest BCUT2D eigenvalue weighted by Gasteiger charge is 2.05. The zero-order chi connectivity index (χ0) is 21.3. The minimum Gasteiger partial charge on any atom is -0.494 e. The van der Waals surface area contributed by atoms with Crippen molar-refractivity contribution >= 4 is 12.0 Å². The second-order valence-corrected chi connectivity index (χ2v) is 6.41. The van der Waals surface area contributed by atoms with Gasteiger partial charge in [-0.2, -0.15) is 5.10 Å². The molecule has 154 valence electrons. The van der Waals surface area contributed by atoms with E-state index in [2.05, 4.69) is 10.4 Å². The third-order valence-electron chi connectivity index (χ3n) is 4.25. The SMILES string of the molecule is CCOc1ccc(-c2ccc(=O)n(CCNC(=O)/C=C/c3ccc(F)cc3)n2)cc1. The first kappa shape index (κ1) is 21.0. The molecule has 0 saturated carbocycles. The van der Waals surface area contributed by atoms with E-state index in [1.165, 1.54) is 29.0 Å². The van der Waals surface area contributed by atoms with Gasteiger partial charge in [0.05, 0.1) is 18.8 Å². The molecule has 1 amide bonds. The lowest BCUT2D eigenvalue weighted by atomic mass is 10.1. The largest absolute Gasteiger partial charge is 0.494 e. The molecule has 30 heavy (non-hydrogen) atoms. The summed E-state index contributed by atoms with van der Waals surface area (Å²) in [6.45, 7) is 2.99. The number of nitrogens with zero attached hydrogens (tertiary/aromatic N) is 2. The molecular formula is C23H22FN3O3. The van der Waals surface area contributed by atoms with E-state index >= 15 is 0 Å². The maximum absolute atomic E-state index is 12.9. The van der Waals surface area contributed by atoms with Crippen LogP contribution in [-0.4, -0.2) is 28.8 Å². The van der Waals surface area contributed by atoms with E-state index in [-0.39, 0.29) is 30.4 Å². The number of hydrogen-bond donors (Lipinski definition) is 1. The van der Waals surface area contributed by atoms with Gasteiger partial charge in [0.15, 0.2) is 0 Å². The summed E-state index contributed by atoms with van der Waals surface area (Å²) in [5.74, 6) is 0.128. The quantitative estimate of drug-likeness (QED) is 0.582. The van der Waals surface area contributed by atoms with Crippen molar-refractivity contribution < 1.29 is 13.9 Å². The Hall–Kier alpha value is -3.74. The molecule has 3 rings (SSSR count). The number of nitrogens with one attached hydrogen (secondary N) is 1. The lowest BCUT2D eigenvalue weighted by Crippen LogP contribution is -2.31. The van der Waals surface area contributed by atoms with Crippen molar-refractivity contribution in [3.63, 3.8) is 0 Å². The summed E-state index contributed by atoms with van der Waals surface area (Å²) in [5, 5.41) is 7.08. The van der Waals surface area contributed by atoms with Crippen LogP contribution in [0.1, 0.15) is 12.5 Å². The van der Waals surface area contributed by atoms with Crippen LogP contribution >= 0.6 is 0 Å². The lowest BCUT2D eigenvalue weighted by Gasteiger charge is -2.08. The fourth-order valence-electron chi connectivity index (χ4n) is 2.74. The van der Waals surface area contributed by atoms with E-state index in [1.54, 1.807) is 24.3 Å². The van der Waals surface area contributed by atoms with Gasteiger partial charge in [0.1, 0.15) is 11.6 Å². The summed E-state index contributed by atoms with van der Waals surface area (Å²) in [6.07, 6.45) is 2.95. The normalized spacial score (nSPS) is 10.9. The summed E-state index contributed by atoms with van der Waals surface area (Å²) in [5.41, 5.74) is 1.98. The molecule has 0 aliphatic carbocycles. The molecule has 1 heterocycles. The molecule has 0 saturated heterocycles. The number of amides is 1. The molecule has 0 fully saturated rings. The minimum absolute atomic E-state index is 0.236. The van der Waals surface area contributed by atoms with Gasteiger partial charge in [0.2, 0.25) is 5.91 Å². The van der Waals surface area contributed by atoms with Crippen LogP contribution in [0, 0.1) is 5.82 Å². The topological polar surface area (TPSA) is 73.2 Å². The third-order valence-corrected chi connectivity index (χ3v) is 4.25. The van der Waals surface area contributed by atoms with Gasteiger partial charge >= 0.3 is 0 Å². The second-order valence-electron chi connectivity index (χ2n) is 6.41. The molecule has 0 aliphatic rings. The number of carbonyl (C=O) groups excluding carboxylic acids is 1. The Bertz CT molecular complexity index is 1070. The average Bonchev–Trinajstić information content (AvgIpc) is 2.75. The number of hydrogen-bond acceptors (Lipinski definition) is 4. The summed E-state index contributed by atoms with van der Waals surface area (Å²) >= 11 is 0. The van der Waals surface area contributed by atoms with Gasteiger partial charge in [-0.25, -0.2) is 9.07 Å². The number of halogens is 1. The van der Waals surface area contributed by atoms with Gasteiger partial charge in [0, 0.05) is 24.3 Å². The number of carbonyl (C=O) groups is 1. The van der Waals surface area contributed by atoms with Gasteiger partial charge in [-0.3, -0.25) is 9.59 Å². The molecule has 0 unspecified atom stereocenters. The molecule has 0 spiro atoms. The monoisotopic (exact) mass is 407 g/mol. The molecule has 0 radical (unpaired) electrons. The van der Waals surface area contributed by atoms with Crippen molar-refractivity contribution in [1.29, 1.82) is 0 Å². The van der Waals surface area contributed by atoms with E-state index in [9.17, 15) is 14.0 Å². The van der Waals surface area contributed by atoms with E-state index in [0.29, 0.717) is 17.9 Å². The Balaban J connectivity index is 1.58. The molecular weight excluding hydrogens is 385 g/mol. The van der Waals surface area contributed by atoms with E-state index < -0.39 is 0 Å². The Morgan fingerprint density at radius 1 is 1.10 bits per heavy atom. The van der Waals surface area contributed by atoms with Crippen molar-refractivity contribution in [2.75, 3.05) is 13.2 Å². The second kappa shape index (κ2) is 10.2. The molecule has 7 heteroatoms. The van der Waals surface area contributed by atoms with Gasteiger partial charge < -0.3 is 10.1 Å². The van der Waals surface area contributed by atoms with Crippen LogP contribution in [0.4, 0.5) is 4.39 Å². The highest BCUT2D eigenvalue weighted by molar-refractivity contribution is 5.91. The lowest BCUT2D eigenvalue weighted by molar-refractivity contribution is -0.116. The van der Waals surface area contributed by atoms with Crippen molar-refractivity contribution in [3.8, 4) is 17.0 Å². The Morgan fingerprint density at radius 2 is 1.83 bits per heavy atom. The zero-order valence-electron chi connectivity index (χ0n) is 16.5. The first-order chi connectivity index (χ1) is 14.5. The fourth-order valence-corrected chi connectivity index (χ4v) is 2.74. The highest BCUT2D eigenvalue weighted by Crippen LogP contribution is 2.19. The maximum Gasteiger partial charge on any atom is 0.266 e. The van der Waals surface area contributed by atoms with Gasteiger partial charge in [-0.05, 0) is 61.0 Å². The van der Waals surface area contributed by atoms with Crippen LogP contribution in [0.3, 0.4) is 0 Å². The number of benzene rings is 2. The van der Waals surface area contributed by atoms with Crippen LogP contribution in [-0.2, 0) is 11.3 Å². The van der Waals surface area contributed by atoms with Gasteiger partial charge in [0.25, 0.3) is 5.56 Å². The molecule has 1 aromatic heterocycles. The summed E-state index contributed by atoms with van der Waals surface area (Å²) in [7, 11) is 0. The first-order valence-electron chi connectivity index (χ1n) is 9.58. The van der Waals surface area contributed by atoms with E-state index in [0.717, 1.165) is 11.3 Å². The molecule has 0 bridgehead atoms. The average molecular weight is 407 g/mol. The Morgan fingerprint density at radius 3 is 2.53 bits per heavy atom. The van der Waals surface area contributed by atoms with E-state index in [1.807, 2.05) is 31.2 Å². The number of rotatable bonds is 8. The minimum atomic E-state index is -0.331. The van der Waals surface area contributed by atoms with Crippen LogP contribution in [0.25, 0.3) is 17.3 Å². The third kappa shape index (κ3) is 5.88. The van der Waals surface area contributed by atoms with Crippen molar-refractivity contribution in [2.24, 2.45) is 0 Å². The molecule has 0 aliphatic heterocycles. The first-order valence-corrected chi connectivity index (χ1v) is 9.58. The fraction of sp³-hybridized carbons (Fsp3) is 0.174. The predicted octanol–water partition coefficient (Wildman–Crippen LogP) is 3.28. The Kier molecular flexibility index (Phi) is 7.10. The number of ether oxygens (including phenoxy) is 1. The standard InChI is InChI=1S/C23H22FN3O3/c1-2-30-20-10-6-18(7-11-20)21-12-14-23(29)27(26-21)16-15-25-22(28)13-5-17-3-8-19(24)9-4-17/h3-14H,2,15-16H2,1H3,(H,25,28)/b13-5+. The predicted molar refractivity (Wildman–Crippen MR) is 114 cm³/mol. The van der Waals surface area contributed by atoms with E-state index in [4.69, 9.17) is 4.74 Å². The summed E-state index contributed by atoms with van der Waals surface area (Å²) in [4.78, 5) is 24.0. The van der Waals surface area contributed by atoms with Crippen molar-refractivity contribution in [2.45, 2.75) is 13.5 Å².